The van der Waals surface area contributed by atoms with E-state index in [0.29, 0.717) is 13.2 Å². The molecule has 1 aliphatic heterocycles. The first-order valence-corrected chi connectivity index (χ1v) is 9.65. The summed E-state index contributed by atoms with van der Waals surface area (Å²) < 4.78 is 5.83. The van der Waals surface area contributed by atoms with Crippen LogP contribution in [0.3, 0.4) is 0 Å². The van der Waals surface area contributed by atoms with Gasteiger partial charge in [0.05, 0.1) is 4.88 Å². The van der Waals surface area contributed by atoms with Gasteiger partial charge in [0.25, 0.3) is 5.91 Å². The zero-order chi connectivity index (χ0) is 18.1. The van der Waals surface area contributed by atoms with E-state index in [-0.39, 0.29) is 11.9 Å². The number of rotatable bonds is 4. The third-order valence-corrected chi connectivity index (χ3v) is 5.81. The number of carbonyl (C=O) groups excluding carboxylic acids is 1. The van der Waals surface area contributed by atoms with Gasteiger partial charge in [0, 0.05) is 28.6 Å². The van der Waals surface area contributed by atoms with Crippen LogP contribution in [0.5, 0.6) is 5.75 Å². The number of hydrogen-bond acceptors (Lipinski definition) is 3. The average molecular weight is 363 g/mol. The Morgan fingerprint density at radius 3 is 2.62 bits per heavy atom. The molecule has 0 radical (unpaired) electrons. The topological polar surface area (TPSA) is 29.5 Å². The lowest BCUT2D eigenvalue weighted by atomic mass is 10.1. The number of amides is 1. The molecule has 2 aromatic carbocycles. The van der Waals surface area contributed by atoms with Crippen LogP contribution >= 0.6 is 11.3 Å². The van der Waals surface area contributed by atoms with E-state index in [1.54, 1.807) is 11.3 Å². The largest absolute Gasteiger partial charge is 0.488 e. The minimum atomic E-state index is 0.0840. The molecule has 3 aromatic rings. The van der Waals surface area contributed by atoms with Crippen molar-refractivity contribution < 1.29 is 9.53 Å². The van der Waals surface area contributed by atoms with Crippen LogP contribution in [0.1, 0.15) is 34.6 Å². The van der Waals surface area contributed by atoms with E-state index in [4.69, 9.17) is 4.74 Å². The van der Waals surface area contributed by atoms with Crippen molar-refractivity contribution in [2.45, 2.75) is 33.0 Å². The Labute approximate surface area is 157 Å². The molecule has 26 heavy (non-hydrogen) atoms. The van der Waals surface area contributed by atoms with E-state index in [9.17, 15) is 4.79 Å². The second kappa shape index (κ2) is 6.96. The maximum absolute atomic E-state index is 13.2. The lowest BCUT2D eigenvalue weighted by Crippen LogP contribution is -2.35. The Bertz CT molecular complexity index is 930. The molecule has 3 nitrogen and oxygen atoms in total. The fourth-order valence-corrected chi connectivity index (χ4v) is 4.37. The highest BCUT2D eigenvalue weighted by molar-refractivity contribution is 7.17. The van der Waals surface area contributed by atoms with E-state index < -0.39 is 0 Å². The molecule has 0 bridgehead atoms. The van der Waals surface area contributed by atoms with Crippen molar-refractivity contribution in [3.63, 3.8) is 0 Å². The molecule has 2 heterocycles. The summed E-state index contributed by atoms with van der Waals surface area (Å²) in [5, 5.41) is 0. The highest BCUT2D eigenvalue weighted by Gasteiger charge is 2.26. The van der Waals surface area contributed by atoms with Gasteiger partial charge in [-0.2, -0.15) is 0 Å². The standard InChI is InChI=1S/C22H21NO2S/c1-15(2)23(13-16-8-4-3-5-9-16)22(24)20-12-17-14-25-19-11-7-6-10-18(19)21(17)26-20/h3-12,15H,13-14H2,1-2H3. The monoisotopic (exact) mass is 363 g/mol. The van der Waals surface area contributed by atoms with Crippen LogP contribution < -0.4 is 4.74 Å². The molecule has 4 heteroatoms. The van der Waals surface area contributed by atoms with Crippen molar-refractivity contribution in [1.82, 2.24) is 4.90 Å². The van der Waals surface area contributed by atoms with Gasteiger partial charge in [-0.15, -0.1) is 11.3 Å². The summed E-state index contributed by atoms with van der Waals surface area (Å²) in [7, 11) is 0. The molecule has 0 aliphatic carbocycles. The van der Waals surface area contributed by atoms with Gasteiger partial charge in [-0.05, 0) is 37.6 Å². The summed E-state index contributed by atoms with van der Waals surface area (Å²) in [5.74, 6) is 0.978. The highest BCUT2D eigenvalue weighted by Crippen LogP contribution is 2.42. The van der Waals surface area contributed by atoms with Crippen molar-refractivity contribution in [2.24, 2.45) is 0 Å². The fourth-order valence-electron chi connectivity index (χ4n) is 3.22. The Morgan fingerprint density at radius 2 is 1.85 bits per heavy atom. The third kappa shape index (κ3) is 3.13. The maximum atomic E-state index is 13.2. The number of thiophene rings is 1. The van der Waals surface area contributed by atoms with Crippen molar-refractivity contribution in [1.29, 1.82) is 0 Å². The van der Waals surface area contributed by atoms with Gasteiger partial charge in [-0.25, -0.2) is 0 Å². The number of nitrogens with zero attached hydrogens (tertiary/aromatic N) is 1. The first kappa shape index (κ1) is 16.9. The van der Waals surface area contributed by atoms with Crippen LogP contribution in [0.4, 0.5) is 0 Å². The number of fused-ring (bicyclic) bond motifs is 3. The normalized spacial score (nSPS) is 12.3. The first-order chi connectivity index (χ1) is 12.6. The van der Waals surface area contributed by atoms with Gasteiger partial charge in [-0.3, -0.25) is 4.79 Å². The Hall–Kier alpha value is -2.59. The van der Waals surface area contributed by atoms with Gasteiger partial charge in [0.15, 0.2) is 0 Å². The Balaban J connectivity index is 1.65. The van der Waals surface area contributed by atoms with E-state index >= 15 is 0 Å². The second-order valence-corrected chi connectivity index (χ2v) is 7.81. The van der Waals surface area contributed by atoms with Crippen molar-refractivity contribution in [2.75, 3.05) is 0 Å². The summed E-state index contributed by atoms with van der Waals surface area (Å²) >= 11 is 1.57. The first-order valence-electron chi connectivity index (χ1n) is 8.83. The predicted octanol–water partition coefficient (Wildman–Crippen LogP) is 5.36. The highest BCUT2D eigenvalue weighted by atomic mass is 32.1. The molecule has 132 valence electrons. The van der Waals surface area contributed by atoms with Crippen LogP contribution in [0.15, 0.2) is 60.7 Å². The van der Waals surface area contributed by atoms with Gasteiger partial charge in [0.2, 0.25) is 0 Å². The number of carbonyl (C=O) groups is 1. The predicted molar refractivity (Wildman–Crippen MR) is 106 cm³/mol. The van der Waals surface area contributed by atoms with Crippen LogP contribution in [0.2, 0.25) is 0 Å². The SMILES string of the molecule is CC(C)N(Cc1ccccc1)C(=O)c1cc2c(s1)-c1ccccc1OC2. The van der Waals surface area contributed by atoms with Gasteiger partial charge >= 0.3 is 0 Å². The molecule has 1 aromatic heterocycles. The third-order valence-electron chi connectivity index (χ3n) is 4.61. The van der Waals surface area contributed by atoms with Crippen LogP contribution in [0, 0.1) is 0 Å². The Kier molecular flexibility index (Phi) is 4.51. The quantitative estimate of drug-likeness (QED) is 0.625. The molecular formula is C22H21NO2S. The fraction of sp³-hybridized carbons (Fsp3) is 0.227. The molecule has 1 amide bonds. The lowest BCUT2D eigenvalue weighted by molar-refractivity contribution is 0.0695. The number of benzene rings is 2. The summed E-state index contributed by atoms with van der Waals surface area (Å²) in [6.45, 7) is 5.27. The van der Waals surface area contributed by atoms with Crippen LogP contribution in [0.25, 0.3) is 10.4 Å². The van der Waals surface area contributed by atoms with E-state index in [1.165, 1.54) is 0 Å². The Morgan fingerprint density at radius 1 is 1.12 bits per heavy atom. The van der Waals surface area contributed by atoms with Crippen LogP contribution in [-0.2, 0) is 13.2 Å². The van der Waals surface area contributed by atoms with E-state index in [2.05, 4.69) is 32.0 Å². The number of hydrogen-bond donors (Lipinski definition) is 0. The molecule has 4 rings (SSSR count). The molecule has 0 atom stereocenters. The molecular weight excluding hydrogens is 342 g/mol. The van der Waals surface area contributed by atoms with E-state index in [1.807, 2.05) is 47.4 Å². The summed E-state index contributed by atoms with van der Waals surface area (Å²) in [4.78, 5) is 17.1. The zero-order valence-corrected chi connectivity index (χ0v) is 15.8. The van der Waals surface area contributed by atoms with Crippen molar-refractivity contribution in [3.05, 3.63) is 76.7 Å². The summed E-state index contributed by atoms with van der Waals surface area (Å²) in [6.07, 6.45) is 0. The number of ether oxygens (including phenoxy) is 1. The van der Waals surface area contributed by atoms with Crippen molar-refractivity contribution >= 4 is 17.2 Å². The molecule has 0 N–H and O–H groups in total. The van der Waals surface area contributed by atoms with E-state index in [0.717, 1.165) is 32.2 Å². The maximum Gasteiger partial charge on any atom is 0.264 e. The van der Waals surface area contributed by atoms with Gasteiger partial charge in [-0.1, -0.05) is 42.5 Å². The minimum absolute atomic E-state index is 0.0840. The molecule has 0 saturated heterocycles. The minimum Gasteiger partial charge on any atom is -0.488 e. The van der Waals surface area contributed by atoms with Crippen molar-refractivity contribution in [3.8, 4) is 16.2 Å². The molecule has 1 aliphatic rings. The van der Waals surface area contributed by atoms with Crippen LogP contribution in [-0.4, -0.2) is 16.8 Å². The lowest BCUT2D eigenvalue weighted by Gasteiger charge is -2.26. The zero-order valence-electron chi connectivity index (χ0n) is 14.9. The molecule has 0 fully saturated rings. The molecule has 0 spiro atoms. The van der Waals surface area contributed by atoms with Gasteiger partial charge < -0.3 is 9.64 Å². The summed E-state index contributed by atoms with van der Waals surface area (Å²) in [5.41, 5.74) is 3.32. The van der Waals surface area contributed by atoms with Gasteiger partial charge in [0.1, 0.15) is 12.4 Å². The number of para-hydroxylation sites is 1. The second-order valence-electron chi connectivity index (χ2n) is 6.76. The molecule has 0 unspecified atom stereocenters. The summed E-state index contributed by atoms with van der Waals surface area (Å²) in [6, 6.07) is 20.3. The molecule has 0 saturated carbocycles. The smallest absolute Gasteiger partial charge is 0.264 e. The average Bonchev–Trinajstić information content (AvgIpc) is 3.11.